The molecular weight excluding hydrogens is 649 g/mol. The summed E-state index contributed by atoms with van der Waals surface area (Å²) >= 11 is 0. The highest BCUT2D eigenvalue weighted by Gasteiger charge is 2.31. The van der Waals surface area contributed by atoms with Crippen molar-refractivity contribution in [3.05, 3.63) is 175 Å². The van der Waals surface area contributed by atoms with E-state index in [1.165, 1.54) is 43.4 Å². The SMILES string of the molecule is c1ccc2cc(-c3cc4c(c5c3oc3ccccc35)NC(c3ccc(-n5c6ccccc6c6c7ccccc7ccc65)c5ccccc35)O4)ccc2c1. The van der Waals surface area contributed by atoms with E-state index in [1.807, 2.05) is 12.1 Å². The van der Waals surface area contributed by atoms with E-state index in [1.54, 1.807) is 0 Å². The normalized spacial score (nSPS) is 14.2. The van der Waals surface area contributed by atoms with Crippen molar-refractivity contribution in [2.75, 3.05) is 5.32 Å². The molecule has 1 unspecified atom stereocenters. The highest BCUT2D eigenvalue weighted by Crippen LogP contribution is 2.51. The van der Waals surface area contributed by atoms with Crippen LogP contribution in [0.25, 0.3) is 92.9 Å². The van der Waals surface area contributed by atoms with E-state index in [4.69, 9.17) is 9.15 Å². The summed E-state index contributed by atoms with van der Waals surface area (Å²) in [6.07, 6.45) is -0.394. The van der Waals surface area contributed by atoms with Crippen molar-refractivity contribution >= 4 is 81.7 Å². The third-order valence-corrected chi connectivity index (χ3v) is 11.2. The van der Waals surface area contributed by atoms with Gasteiger partial charge in [-0.05, 0) is 68.9 Å². The fraction of sp³-hybridized carbons (Fsp3) is 0.0204. The maximum atomic E-state index is 6.94. The van der Waals surface area contributed by atoms with Gasteiger partial charge in [0.1, 0.15) is 16.9 Å². The maximum Gasteiger partial charge on any atom is 0.197 e. The summed E-state index contributed by atoms with van der Waals surface area (Å²) in [6.45, 7) is 0. The van der Waals surface area contributed by atoms with Crippen LogP contribution in [0.3, 0.4) is 0 Å². The van der Waals surface area contributed by atoms with Gasteiger partial charge in [-0.15, -0.1) is 0 Å². The van der Waals surface area contributed by atoms with Crippen LogP contribution in [-0.2, 0) is 0 Å². The Kier molecular flexibility index (Phi) is 5.80. The molecule has 4 nitrogen and oxygen atoms in total. The summed E-state index contributed by atoms with van der Waals surface area (Å²) in [4.78, 5) is 0. The molecule has 0 amide bonds. The number of nitrogens with zero attached hydrogens (tertiary/aromatic N) is 1. The van der Waals surface area contributed by atoms with E-state index < -0.39 is 6.23 Å². The van der Waals surface area contributed by atoms with Crippen molar-refractivity contribution in [3.63, 3.8) is 0 Å². The van der Waals surface area contributed by atoms with Crippen LogP contribution in [-0.4, -0.2) is 4.57 Å². The summed E-state index contributed by atoms with van der Waals surface area (Å²) in [5.74, 6) is 0.819. The first-order valence-electron chi connectivity index (χ1n) is 18.1. The monoisotopic (exact) mass is 678 g/mol. The van der Waals surface area contributed by atoms with Gasteiger partial charge in [-0.1, -0.05) is 133 Å². The zero-order chi connectivity index (χ0) is 34.6. The van der Waals surface area contributed by atoms with Crippen molar-refractivity contribution in [2.24, 2.45) is 0 Å². The lowest BCUT2D eigenvalue weighted by molar-refractivity contribution is 0.261. The van der Waals surface area contributed by atoms with Crippen LogP contribution in [0, 0.1) is 0 Å². The van der Waals surface area contributed by atoms with Crippen molar-refractivity contribution in [3.8, 4) is 22.6 Å². The molecule has 0 spiro atoms. The van der Waals surface area contributed by atoms with Crippen molar-refractivity contribution in [1.82, 2.24) is 4.57 Å². The third-order valence-electron chi connectivity index (χ3n) is 11.2. The molecule has 12 rings (SSSR count). The number of ether oxygens (including phenoxy) is 1. The Morgan fingerprint density at radius 1 is 0.491 bits per heavy atom. The Hall–Kier alpha value is -7.04. The largest absolute Gasteiger partial charge is 0.464 e. The average molecular weight is 679 g/mol. The second kappa shape index (κ2) is 10.7. The first-order chi connectivity index (χ1) is 26.3. The predicted octanol–water partition coefficient (Wildman–Crippen LogP) is 13.3. The van der Waals surface area contributed by atoms with Crippen LogP contribution in [0.15, 0.2) is 174 Å². The van der Waals surface area contributed by atoms with Crippen LogP contribution < -0.4 is 10.1 Å². The topological polar surface area (TPSA) is 39.3 Å². The molecule has 1 aliphatic heterocycles. The number of nitrogens with one attached hydrogen (secondary N) is 1. The molecule has 53 heavy (non-hydrogen) atoms. The average Bonchev–Trinajstić information content (AvgIpc) is 3.92. The predicted molar refractivity (Wildman–Crippen MR) is 219 cm³/mol. The van der Waals surface area contributed by atoms with Gasteiger partial charge in [-0.3, -0.25) is 0 Å². The number of rotatable bonds is 3. The van der Waals surface area contributed by atoms with E-state index in [9.17, 15) is 0 Å². The zero-order valence-electron chi connectivity index (χ0n) is 28.5. The number of anilines is 1. The van der Waals surface area contributed by atoms with E-state index in [-0.39, 0.29) is 0 Å². The van der Waals surface area contributed by atoms with Crippen molar-refractivity contribution < 1.29 is 9.15 Å². The molecule has 248 valence electrons. The molecule has 3 heterocycles. The number of para-hydroxylation sites is 2. The lowest BCUT2D eigenvalue weighted by atomic mass is 9.98. The molecule has 1 aliphatic rings. The molecule has 0 saturated heterocycles. The maximum absolute atomic E-state index is 6.94. The Balaban J connectivity index is 1.04. The molecule has 0 radical (unpaired) electrons. The number of hydrogen-bond donors (Lipinski definition) is 1. The first-order valence-corrected chi connectivity index (χ1v) is 18.1. The fourth-order valence-electron chi connectivity index (χ4n) is 8.84. The summed E-state index contributed by atoms with van der Waals surface area (Å²) in [5, 5.41) is 15.7. The Morgan fingerprint density at radius 3 is 2.08 bits per heavy atom. The summed E-state index contributed by atoms with van der Waals surface area (Å²) in [5.41, 5.74) is 9.40. The molecular formula is C49H30N2O2. The van der Waals surface area contributed by atoms with Gasteiger partial charge in [0.15, 0.2) is 6.23 Å². The molecule has 0 saturated carbocycles. The van der Waals surface area contributed by atoms with Crippen molar-refractivity contribution in [2.45, 2.75) is 6.23 Å². The minimum absolute atomic E-state index is 0.394. The van der Waals surface area contributed by atoms with Crippen LogP contribution >= 0.6 is 0 Å². The van der Waals surface area contributed by atoms with Crippen LogP contribution in [0.2, 0.25) is 0 Å². The molecule has 4 heteroatoms. The second-order valence-electron chi connectivity index (χ2n) is 14.1. The molecule has 1 N–H and O–H groups in total. The number of aromatic nitrogens is 1. The quantitative estimate of drug-likeness (QED) is 0.202. The molecule has 0 fully saturated rings. The van der Waals surface area contributed by atoms with Crippen LogP contribution in [0.1, 0.15) is 11.8 Å². The van der Waals surface area contributed by atoms with E-state index >= 15 is 0 Å². The van der Waals surface area contributed by atoms with Gasteiger partial charge in [0.25, 0.3) is 0 Å². The van der Waals surface area contributed by atoms with Gasteiger partial charge in [0, 0.05) is 32.7 Å². The highest BCUT2D eigenvalue weighted by atomic mass is 16.5. The molecule has 0 bridgehead atoms. The summed E-state index contributed by atoms with van der Waals surface area (Å²) in [7, 11) is 0. The van der Waals surface area contributed by atoms with Gasteiger partial charge in [0.2, 0.25) is 0 Å². The Morgan fingerprint density at radius 2 is 1.19 bits per heavy atom. The van der Waals surface area contributed by atoms with Gasteiger partial charge in [-0.2, -0.15) is 0 Å². The Labute approximate surface area is 304 Å². The van der Waals surface area contributed by atoms with Gasteiger partial charge in [0.05, 0.1) is 27.8 Å². The molecule has 2 aromatic heterocycles. The standard InChI is InChI=1S/C49H30N2O2/c1-2-13-31-27-32(22-21-29(31)11-1)39-28-44-47(46-38-18-8-10-20-43(38)52-48(39)46)50-49(53-44)36-24-26-41(35-16-6-5-15-34(35)36)51-40-19-9-7-17-37(40)45-33-14-4-3-12-30(33)23-25-42(45)51/h1-28,49-50H. The smallest absolute Gasteiger partial charge is 0.197 e. The van der Waals surface area contributed by atoms with E-state index in [0.717, 1.165) is 66.5 Å². The minimum Gasteiger partial charge on any atom is -0.464 e. The fourth-order valence-corrected chi connectivity index (χ4v) is 8.84. The summed E-state index contributed by atoms with van der Waals surface area (Å²) < 4.78 is 16.0. The number of benzene rings is 9. The minimum atomic E-state index is -0.394. The number of hydrogen-bond acceptors (Lipinski definition) is 3. The zero-order valence-corrected chi connectivity index (χ0v) is 28.5. The van der Waals surface area contributed by atoms with E-state index in [0.29, 0.717) is 0 Å². The third kappa shape index (κ3) is 4.06. The molecule has 9 aromatic carbocycles. The lowest BCUT2D eigenvalue weighted by Gasteiger charge is -2.18. The van der Waals surface area contributed by atoms with E-state index in [2.05, 4.69) is 168 Å². The van der Waals surface area contributed by atoms with Gasteiger partial charge in [-0.25, -0.2) is 0 Å². The molecule has 0 aliphatic carbocycles. The highest BCUT2D eigenvalue weighted by molar-refractivity contribution is 6.22. The molecule has 11 aromatic rings. The van der Waals surface area contributed by atoms with Crippen LogP contribution in [0.5, 0.6) is 5.75 Å². The van der Waals surface area contributed by atoms with Crippen molar-refractivity contribution in [1.29, 1.82) is 0 Å². The van der Waals surface area contributed by atoms with Gasteiger partial charge < -0.3 is 19.0 Å². The summed E-state index contributed by atoms with van der Waals surface area (Å²) in [6, 6.07) is 60.7. The van der Waals surface area contributed by atoms with Gasteiger partial charge >= 0.3 is 0 Å². The second-order valence-corrected chi connectivity index (χ2v) is 14.1. The first kappa shape index (κ1) is 28.6. The van der Waals surface area contributed by atoms with Crippen LogP contribution in [0.4, 0.5) is 5.69 Å². The lowest BCUT2D eigenvalue weighted by Crippen LogP contribution is -2.11. The Bertz CT molecular complexity index is 3310. The molecule has 1 atom stereocenters. The number of furan rings is 1. The number of fused-ring (bicyclic) bond motifs is 12.